The van der Waals surface area contributed by atoms with Crippen LogP contribution >= 0.6 is 0 Å². The van der Waals surface area contributed by atoms with Crippen LogP contribution in [-0.4, -0.2) is 11.7 Å². The molecule has 0 aliphatic heterocycles. The summed E-state index contributed by atoms with van der Waals surface area (Å²) in [6.07, 6.45) is 0. The van der Waals surface area contributed by atoms with Gasteiger partial charge in [0.2, 0.25) is 0 Å². The molecular weight excluding hydrogens is 364 g/mol. The minimum absolute atomic E-state index is 0. The predicted molar refractivity (Wildman–Crippen MR) is 117 cm³/mol. The average Bonchev–Trinajstić information content (AvgIpc) is 2.72. The van der Waals surface area contributed by atoms with Gasteiger partial charge in [0.25, 0.3) is 0 Å². The zero-order valence-electron chi connectivity index (χ0n) is 15.3. The van der Waals surface area contributed by atoms with E-state index < -0.39 is 0 Å². The van der Waals surface area contributed by atoms with Gasteiger partial charge in [-0.05, 0) is 59.7 Å². The average molecular weight is 390 g/mol. The highest BCUT2D eigenvalue weighted by molar-refractivity contribution is 5.95. The first-order valence-electron chi connectivity index (χ1n) is 8.73. The molecule has 3 aromatic rings. The Morgan fingerprint density at radius 1 is 0.586 bits per heavy atom. The molecule has 0 saturated heterocycles. The molecule has 0 fully saturated rings. The van der Waals surface area contributed by atoms with Crippen LogP contribution in [0.4, 0.5) is 0 Å². The molecule has 0 bridgehead atoms. The Morgan fingerprint density at radius 2 is 0.897 bits per heavy atom. The van der Waals surface area contributed by atoms with Crippen molar-refractivity contribution in [3.05, 3.63) is 95.1 Å². The van der Waals surface area contributed by atoms with Crippen molar-refractivity contribution in [1.82, 2.24) is 0 Å². The Kier molecular flexibility index (Phi) is 7.37. The lowest BCUT2D eigenvalue weighted by molar-refractivity contribution is 0.302. The second-order valence-corrected chi connectivity index (χ2v) is 6.27. The summed E-state index contributed by atoms with van der Waals surface area (Å²) in [4.78, 5) is 0. The molecule has 6 nitrogen and oxygen atoms in total. The van der Waals surface area contributed by atoms with Crippen molar-refractivity contribution >= 4 is 11.7 Å². The largest absolute Gasteiger partial charge is 0.489 e. The van der Waals surface area contributed by atoms with E-state index in [2.05, 4.69) is 0 Å². The van der Waals surface area contributed by atoms with E-state index in [4.69, 9.17) is 31.8 Å². The second kappa shape index (κ2) is 9.94. The van der Waals surface area contributed by atoms with Crippen LogP contribution in [0.3, 0.4) is 0 Å². The highest BCUT2D eigenvalue weighted by atomic mass is 16.5. The molecule has 150 valence electrons. The number of nitrogens with two attached hydrogens (primary N) is 2. The minimum atomic E-state index is 0. The molecular formula is C23H26N4O2. The van der Waals surface area contributed by atoms with Crippen LogP contribution in [0, 0.1) is 10.8 Å². The fourth-order valence-corrected chi connectivity index (χ4v) is 2.53. The first kappa shape index (κ1) is 21.5. The normalized spacial score (nSPS) is 9.93. The number of ether oxygens (including phenoxy) is 2. The Morgan fingerprint density at radius 3 is 1.17 bits per heavy atom. The quantitative estimate of drug-likeness (QED) is 0.343. The summed E-state index contributed by atoms with van der Waals surface area (Å²) in [5, 5.41) is 14.8. The maximum absolute atomic E-state index is 7.39. The van der Waals surface area contributed by atoms with Crippen molar-refractivity contribution in [2.75, 3.05) is 0 Å². The molecule has 0 heterocycles. The number of benzene rings is 3. The molecule has 3 aromatic carbocycles. The van der Waals surface area contributed by atoms with Gasteiger partial charge >= 0.3 is 0 Å². The third kappa shape index (κ3) is 6.10. The van der Waals surface area contributed by atoms with E-state index in [1.54, 1.807) is 48.5 Å². The van der Waals surface area contributed by atoms with E-state index in [9.17, 15) is 0 Å². The Balaban J connectivity index is 0.00000300. The van der Waals surface area contributed by atoms with Gasteiger partial charge in [-0.3, -0.25) is 10.8 Å². The van der Waals surface area contributed by atoms with Crippen molar-refractivity contribution in [2.24, 2.45) is 11.5 Å². The molecule has 6 heteroatoms. The lowest BCUT2D eigenvalue weighted by Gasteiger charge is -2.09. The van der Waals surface area contributed by atoms with E-state index in [-0.39, 0.29) is 19.1 Å². The smallest absolute Gasteiger partial charge is 0.122 e. The molecule has 29 heavy (non-hydrogen) atoms. The van der Waals surface area contributed by atoms with E-state index in [1.165, 1.54) is 0 Å². The van der Waals surface area contributed by atoms with Crippen molar-refractivity contribution in [3.8, 4) is 11.5 Å². The minimum Gasteiger partial charge on any atom is -0.489 e. The fraction of sp³-hybridized carbons (Fsp3) is 0.130. The first-order chi connectivity index (χ1) is 13.5. The van der Waals surface area contributed by atoms with Crippen LogP contribution in [0.2, 0.25) is 0 Å². The van der Waals surface area contributed by atoms with Crippen LogP contribution < -0.4 is 20.9 Å². The van der Waals surface area contributed by atoms with Gasteiger partial charge in [0.1, 0.15) is 36.4 Å². The predicted octanol–water partition coefficient (Wildman–Crippen LogP) is 4.05. The molecule has 0 aromatic heterocycles. The van der Waals surface area contributed by atoms with Crippen molar-refractivity contribution in [2.45, 2.75) is 20.6 Å². The summed E-state index contributed by atoms with van der Waals surface area (Å²) in [7, 11) is 0. The van der Waals surface area contributed by atoms with E-state index >= 15 is 0 Å². The summed E-state index contributed by atoms with van der Waals surface area (Å²) in [5.74, 6) is 1.54. The lowest BCUT2D eigenvalue weighted by Crippen LogP contribution is -2.10. The standard InChI is InChI=1S/C22H22N4O2.CH4/c23-21(24)17-5-9-19(10-6-17)27-13-15-1-2-16(4-3-15)14-28-20-11-7-18(8-12-20)22(25)26;/h1-12H,13-14H2,(H3,23,24)(H3,25,26);1H4. The summed E-state index contributed by atoms with van der Waals surface area (Å²) in [5.41, 5.74) is 14.3. The number of hydrogen-bond donors (Lipinski definition) is 4. The molecule has 0 aliphatic rings. The molecule has 0 aliphatic carbocycles. The van der Waals surface area contributed by atoms with Gasteiger partial charge in [0, 0.05) is 11.1 Å². The Bertz CT molecular complexity index is 869. The van der Waals surface area contributed by atoms with Crippen LogP contribution in [-0.2, 0) is 13.2 Å². The van der Waals surface area contributed by atoms with Gasteiger partial charge < -0.3 is 20.9 Å². The van der Waals surface area contributed by atoms with Gasteiger partial charge in [-0.15, -0.1) is 0 Å². The molecule has 3 rings (SSSR count). The third-order valence-corrected chi connectivity index (χ3v) is 4.16. The number of hydrogen-bond acceptors (Lipinski definition) is 4. The number of rotatable bonds is 8. The Hall–Kier alpha value is -3.80. The van der Waals surface area contributed by atoms with Crippen LogP contribution in [0.25, 0.3) is 0 Å². The van der Waals surface area contributed by atoms with Crippen molar-refractivity contribution in [3.63, 3.8) is 0 Å². The van der Waals surface area contributed by atoms with Crippen LogP contribution in [0.15, 0.2) is 72.8 Å². The van der Waals surface area contributed by atoms with Gasteiger partial charge in [-0.1, -0.05) is 31.7 Å². The molecule has 6 N–H and O–H groups in total. The van der Waals surface area contributed by atoms with E-state index in [0.29, 0.717) is 24.3 Å². The molecule has 0 amide bonds. The maximum Gasteiger partial charge on any atom is 0.122 e. The molecule has 0 atom stereocenters. The highest BCUT2D eigenvalue weighted by Gasteiger charge is 2.01. The summed E-state index contributed by atoms with van der Waals surface area (Å²) in [6, 6.07) is 22.3. The van der Waals surface area contributed by atoms with Gasteiger partial charge in [0.05, 0.1) is 0 Å². The molecule has 0 spiro atoms. The SMILES string of the molecule is C.N=C(N)c1ccc(OCc2ccc(COc3ccc(C(=N)N)cc3)cc2)cc1. The zero-order chi connectivity index (χ0) is 19.9. The fourth-order valence-electron chi connectivity index (χ4n) is 2.53. The number of nitrogens with one attached hydrogen (secondary N) is 2. The topological polar surface area (TPSA) is 118 Å². The molecule has 0 radical (unpaired) electrons. The first-order valence-corrected chi connectivity index (χ1v) is 8.73. The van der Waals surface area contributed by atoms with Gasteiger partial charge in [0.15, 0.2) is 0 Å². The van der Waals surface area contributed by atoms with Gasteiger partial charge in [-0.2, -0.15) is 0 Å². The summed E-state index contributed by atoms with van der Waals surface area (Å²) in [6.45, 7) is 0.903. The van der Waals surface area contributed by atoms with Crippen molar-refractivity contribution < 1.29 is 9.47 Å². The lowest BCUT2D eigenvalue weighted by atomic mass is 10.1. The summed E-state index contributed by atoms with van der Waals surface area (Å²) < 4.78 is 11.5. The van der Waals surface area contributed by atoms with E-state index in [0.717, 1.165) is 22.6 Å². The second-order valence-electron chi connectivity index (χ2n) is 6.27. The monoisotopic (exact) mass is 390 g/mol. The zero-order valence-corrected chi connectivity index (χ0v) is 15.3. The number of amidine groups is 2. The maximum atomic E-state index is 7.39. The Labute approximate surface area is 171 Å². The highest BCUT2D eigenvalue weighted by Crippen LogP contribution is 2.16. The van der Waals surface area contributed by atoms with Crippen LogP contribution in [0.5, 0.6) is 11.5 Å². The third-order valence-electron chi connectivity index (χ3n) is 4.16. The van der Waals surface area contributed by atoms with Crippen LogP contribution in [0.1, 0.15) is 29.7 Å². The van der Waals surface area contributed by atoms with E-state index in [1.807, 2.05) is 24.3 Å². The summed E-state index contributed by atoms with van der Waals surface area (Å²) >= 11 is 0. The number of nitrogen functional groups attached to an aromatic ring is 2. The molecule has 0 unspecified atom stereocenters. The van der Waals surface area contributed by atoms with Gasteiger partial charge in [-0.25, -0.2) is 0 Å². The van der Waals surface area contributed by atoms with Crippen molar-refractivity contribution in [1.29, 1.82) is 10.8 Å². The molecule has 0 saturated carbocycles.